The van der Waals surface area contributed by atoms with Crippen molar-refractivity contribution < 1.29 is 18.3 Å². The summed E-state index contributed by atoms with van der Waals surface area (Å²) >= 11 is 0. The van der Waals surface area contributed by atoms with Gasteiger partial charge in [-0.2, -0.15) is 4.31 Å². The molecule has 1 rings (SSSR count). The summed E-state index contributed by atoms with van der Waals surface area (Å²) in [6, 6.07) is 6.62. The van der Waals surface area contributed by atoms with E-state index in [0.717, 1.165) is 5.56 Å². The minimum atomic E-state index is -3.43. The first-order valence-corrected chi connectivity index (χ1v) is 8.86. The van der Waals surface area contributed by atoms with Gasteiger partial charge in [-0.05, 0) is 24.1 Å². The fourth-order valence-corrected chi connectivity index (χ4v) is 3.54. The lowest BCUT2D eigenvalue weighted by molar-refractivity contribution is -0.121. The normalized spacial score (nSPS) is 11.6. The van der Waals surface area contributed by atoms with E-state index in [4.69, 9.17) is 5.11 Å². The summed E-state index contributed by atoms with van der Waals surface area (Å²) in [7, 11) is -3.43. The van der Waals surface area contributed by atoms with E-state index < -0.39 is 10.0 Å². The summed E-state index contributed by atoms with van der Waals surface area (Å²) in [5, 5.41) is 11.2. The largest absolute Gasteiger partial charge is 0.395 e. The molecule has 1 aromatic rings. The Hall–Kier alpha value is -1.44. The fraction of sp³-hybridized carbons (Fsp3) is 0.533. The minimum Gasteiger partial charge on any atom is -0.395 e. The van der Waals surface area contributed by atoms with E-state index in [1.165, 1.54) is 4.31 Å². The van der Waals surface area contributed by atoms with E-state index >= 15 is 0 Å². The predicted octanol–water partition coefficient (Wildman–Crippen LogP) is 0.758. The van der Waals surface area contributed by atoms with E-state index in [2.05, 4.69) is 5.32 Å². The Kier molecular flexibility index (Phi) is 7.50. The van der Waals surface area contributed by atoms with Crippen molar-refractivity contribution in [3.8, 4) is 0 Å². The molecule has 1 aromatic carbocycles. The average Bonchev–Trinajstić information content (AvgIpc) is 2.52. The Balaban J connectivity index is 2.69. The van der Waals surface area contributed by atoms with Gasteiger partial charge in [-0.15, -0.1) is 0 Å². The van der Waals surface area contributed by atoms with Crippen LogP contribution in [0.5, 0.6) is 0 Å². The molecule has 0 heterocycles. The molecule has 2 N–H and O–H groups in total. The van der Waals surface area contributed by atoms with Crippen LogP contribution < -0.4 is 5.32 Å². The molecule has 1 amide bonds. The van der Waals surface area contributed by atoms with Crippen LogP contribution in [0.1, 0.15) is 25.8 Å². The molecule has 7 heteroatoms. The molecular weight excluding hydrogens is 304 g/mol. The standard InChI is InChI=1S/C15H24N2O4S/c1-3-17(4-2)22(20,21)14-8-5-13(6-9-14)7-10-15(19)16-11-12-18/h5-6,8-9,18H,3-4,7,10-12H2,1-2H3,(H,16,19). The van der Waals surface area contributed by atoms with Crippen molar-refractivity contribution in [3.63, 3.8) is 0 Å². The SMILES string of the molecule is CCN(CC)S(=O)(=O)c1ccc(CCC(=O)NCCO)cc1. The van der Waals surface area contributed by atoms with Crippen molar-refractivity contribution in [2.24, 2.45) is 0 Å². The van der Waals surface area contributed by atoms with E-state index in [9.17, 15) is 13.2 Å². The molecule has 0 atom stereocenters. The molecule has 0 aliphatic heterocycles. The lowest BCUT2D eigenvalue weighted by Gasteiger charge is -2.18. The summed E-state index contributed by atoms with van der Waals surface area (Å²) in [5.74, 6) is -0.131. The molecule has 0 fully saturated rings. The molecule has 0 aliphatic rings. The van der Waals surface area contributed by atoms with Gasteiger partial charge in [-0.25, -0.2) is 8.42 Å². The number of carbonyl (C=O) groups is 1. The second-order valence-corrected chi connectivity index (χ2v) is 6.74. The Morgan fingerprint density at radius 1 is 1.18 bits per heavy atom. The van der Waals surface area contributed by atoms with Crippen LogP contribution in [-0.2, 0) is 21.2 Å². The number of carbonyl (C=O) groups excluding carboxylic acids is 1. The Morgan fingerprint density at radius 2 is 1.77 bits per heavy atom. The van der Waals surface area contributed by atoms with Crippen LogP contribution in [0, 0.1) is 0 Å². The number of sulfonamides is 1. The van der Waals surface area contributed by atoms with Gasteiger partial charge in [-0.3, -0.25) is 4.79 Å². The minimum absolute atomic E-state index is 0.0797. The van der Waals surface area contributed by atoms with Gasteiger partial charge >= 0.3 is 0 Å². The van der Waals surface area contributed by atoms with Crippen LogP contribution in [0.3, 0.4) is 0 Å². The maximum atomic E-state index is 12.3. The number of amides is 1. The Bertz CT molecular complexity index is 566. The van der Waals surface area contributed by atoms with Crippen molar-refractivity contribution >= 4 is 15.9 Å². The van der Waals surface area contributed by atoms with Crippen LogP contribution in [-0.4, -0.2) is 50.0 Å². The van der Waals surface area contributed by atoms with Crippen LogP contribution in [0.2, 0.25) is 0 Å². The number of hydrogen-bond acceptors (Lipinski definition) is 4. The summed E-state index contributed by atoms with van der Waals surface area (Å²) in [4.78, 5) is 11.7. The van der Waals surface area contributed by atoms with Gasteiger partial charge in [0, 0.05) is 26.1 Å². The number of benzene rings is 1. The maximum absolute atomic E-state index is 12.3. The van der Waals surface area contributed by atoms with Crippen molar-refractivity contribution in [2.45, 2.75) is 31.6 Å². The zero-order valence-corrected chi connectivity index (χ0v) is 13.9. The molecule has 0 radical (unpaired) electrons. The first-order chi connectivity index (χ1) is 10.5. The topological polar surface area (TPSA) is 86.7 Å². The van der Waals surface area contributed by atoms with Crippen LogP contribution in [0.25, 0.3) is 0 Å². The van der Waals surface area contributed by atoms with Crippen molar-refractivity contribution in [3.05, 3.63) is 29.8 Å². The first kappa shape index (κ1) is 18.6. The first-order valence-electron chi connectivity index (χ1n) is 7.42. The smallest absolute Gasteiger partial charge is 0.243 e. The fourth-order valence-electron chi connectivity index (χ4n) is 2.08. The van der Waals surface area contributed by atoms with Gasteiger partial charge in [0.2, 0.25) is 15.9 Å². The lowest BCUT2D eigenvalue weighted by atomic mass is 10.1. The Labute approximate surface area is 132 Å². The number of nitrogens with zero attached hydrogens (tertiary/aromatic N) is 1. The number of nitrogens with one attached hydrogen (secondary N) is 1. The molecular formula is C15H24N2O4S. The second kappa shape index (κ2) is 8.87. The van der Waals surface area contributed by atoms with Gasteiger partial charge in [-0.1, -0.05) is 26.0 Å². The molecule has 0 aliphatic carbocycles. The molecule has 22 heavy (non-hydrogen) atoms. The lowest BCUT2D eigenvalue weighted by Crippen LogP contribution is -2.30. The van der Waals surface area contributed by atoms with E-state index in [-0.39, 0.29) is 24.0 Å². The number of aliphatic hydroxyl groups excluding tert-OH is 1. The maximum Gasteiger partial charge on any atom is 0.243 e. The zero-order valence-electron chi connectivity index (χ0n) is 13.1. The molecule has 0 saturated carbocycles. The highest BCUT2D eigenvalue weighted by molar-refractivity contribution is 7.89. The van der Waals surface area contributed by atoms with Crippen LogP contribution in [0.15, 0.2) is 29.2 Å². The quantitative estimate of drug-likeness (QED) is 0.700. The number of aliphatic hydroxyl groups is 1. The molecule has 0 spiro atoms. The highest BCUT2D eigenvalue weighted by Gasteiger charge is 2.21. The molecule has 0 bridgehead atoms. The Morgan fingerprint density at radius 3 is 2.27 bits per heavy atom. The highest BCUT2D eigenvalue weighted by Crippen LogP contribution is 2.16. The summed E-state index contributed by atoms with van der Waals surface area (Å²) in [5.41, 5.74) is 0.901. The molecule has 0 saturated heterocycles. The van der Waals surface area contributed by atoms with Crippen molar-refractivity contribution in [2.75, 3.05) is 26.2 Å². The molecule has 0 aromatic heterocycles. The van der Waals surface area contributed by atoms with Crippen LogP contribution in [0.4, 0.5) is 0 Å². The summed E-state index contributed by atoms with van der Waals surface area (Å²) in [6.07, 6.45) is 0.838. The third kappa shape index (κ3) is 5.08. The monoisotopic (exact) mass is 328 g/mol. The number of aryl methyl sites for hydroxylation is 1. The number of rotatable bonds is 9. The average molecular weight is 328 g/mol. The number of hydrogen-bond donors (Lipinski definition) is 2. The molecule has 124 valence electrons. The highest BCUT2D eigenvalue weighted by atomic mass is 32.2. The van der Waals surface area contributed by atoms with Gasteiger partial charge in [0.15, 0.2) is 0 Å². The summed E-state index contributed by atoms with van der Waals surface area (Å²) in [6.45, 7) is 4.65. The third-order valence-electron chi connectivity index (χ3n) is 3.34. The van der Waals surface area contributed by atoms with Crippen molar-refractivity contribution in [1.82, 2.24) is 9.62 Å². The molecule has 6 nitrogen and oxygen atoms in total. The third-order valence-corrected chi connectivity index (χ3v) is 5.41. The van der Waals surface area contributed by atoms with E-state index in [1.807, 2.05) is 0 Å². The predicted molar refractivity (Wildman–Crippen MR) is 85.0 cm³/mol. The van der Waals surface area contributed by atoms with Gasteiger partial charge in [0.1, 0.15) is 0 Å². The van der Waals surface area contributed by atoms with Gasteiger partial charge in [0.05, 0.1) is 11.5 Å². The molecule has 0 unspecified atom stereocenters. The second-order valence-electron chi connectivity index (χ2n) is 4.81. The van der Waals surface area contributed by atoms with E-state index in [0.29, 0.717) is 25.9 Å². The van der Waals surface area contributed by atoms with Crippen molar-refractivity contribution in [1.29, 1.82) is 0 Å². The summed E-state index contributed by atoms with van der Waals surface area (Å²) < 4.78 is 26.1. The van der Waals surface area contributed by atoms with Crippen LogP contribution >= 0.6 is 0 Å². The zero-order chi connectivity index (χ0) is 16.6. The van der Waals surface area contributed by atoms with Gasteiger partial charge < -0.3 is 10.4 Å². The van der Waals surface area contributed by atoms with Gasteiger partial charge in [0.25, 0.3) is 0 Å². The van der Waals surface area contributed by atoms with E-state index in [1.54, 1.807) is 38.1 Å².